The number of hydrogen-bond donors (Lipinski definition) is 2. The Kier molecular flexibility index (Phi) is 7.02. The van der Waals surface area contributed by atoms with Crippen molar-refractivity contribution in [2.24, 2.45) is 5.92 Å². The minimum Gasteiger partial charge on any atom is -0.460 e. The smallest absolute Gasteiger partial charge is 0.307 e. The molecule has 1 unspecified atom stereocenters. The molecule has 0 fully saturated rings. The second-order valence-electron chi connectivity index (χ2n) is 4.83. The molecule has 0 aromatic carbocycles. The Morgan fingerprint density at radius 2 is 2.07 bits per heavy atom. The van der Waals surface area contributed by atoms with Gasteiger partial charge in [0.25, 0.3) is 0 Å². The van der Waals surface area contributed by atoms with Crippen LogP contribution in [0.4, 0.5) is 0 Å². The number of nitrogens with one attached hydrogen (secondary N) is 1. The molecule has 0 amide bonds. The molecule has 0 spiro atoms. The van der Waals surface area contributed by atoms with Crippen LogP contribution < -0.4 is 5.32 Å². The molecule has 0 aliphatic carbocycles. The van der Waals surface area contributed by atoms with E-state index < -0.39 is 0 Å². The predicted octanol–water partition coefficient (Wildman–Crippen LogP) is 1.87. The lowest BCUT2D eigenvalue weighted by Crippen LogP contribution is -2.28. The minimum atomic E-state index is -0.379. The Labute approximate surface area is 98.4 Å². The summed E-state index contributed by atoms with van der Waals surface area (Å²) in [5.41, 5.74) is -0.379. The highest BCUT2D eigenvalue weighted by Gasteiger charge is 2.15. The van der Waals surface area contributed by atoms with Crippen molar-refractivity contribution in [3.63, 3.8) is 0 Å². The van der Waals surface area contributed by atoms with E-state index in [0.29, 0.717) is 18.9 Å². The van der Waals surface area contributed by atoms with Crippen LogP contribution in [0.5, 0.6) is 0 Å². The third-order valence-electron chi connectivity index (χ3n) is 1.73. The zero-order valence-electron chi connectivity index (χ0n) is 10.2. The number of thiol groups is 1. The van der Waals surface area contributed by atoms with E-state index in [4.69, 9.17) is 4.74 Å². The van der Waals surface area contributed by atoms with Crippen molar-refractivity contribution in [1.82, 2.24) is 5.32 Å². The van der Waals surface area contributed by atoms with Gasteiger partial charge in [0.1, 0.15) is 5.60 Å². The van der Waals surface area contributed by atoms with Gasteiger partial charge in [-0.25, -0.2) is 0 Å². The van der Waals surface area contributed by atoms with Crippen molar-refractivity contribution in [2.45, 2.75) is 39.7 Å². The molecule has 0 bridgehead atoms. The van der Waals surface area contributed by atoms with Crippen LogP contribution in [0.15, 0.2) is 0 Å². The van der Waals surface area contributed by atoms with E-state index in [0.717, 1.165) is 12.3 Å². The van der Waals surface area contributed by atoms with Crippen molar-refractivity contribution in [1.29, 1.82) is 0 Å². The van der Waals surface area contributed by atoms with Crippen LogP contribution >= 0.6 is 12.6 Å². The van der Waals surface area contributed by atoms with Crippen LogP contribution in [-0.2, 0) is 9.53 Å². The van der Waals surface area contributed by atoms with Gasteiger partial charge in [0.05, 0.1) is 6.42 Å². The first-order chi connectivity index (χ1) is 6.85. The van der Waals surface area contributed by atoms with Crippen molar-refractivity contribution in [2.75, 3.05) is 18.8 Å². The first kappa shape index (κ1) is 14.8. The van der Waals surface area contributed by atoms with E-state index in [1.807, 2.05) is 20.8 Å². The van der Waals surface area contributed by atoms with E-state index in [2.05, 4.69) is 24.9 Å². The molecular weight excluding hydrogens is 210 g/mol. The maximum atomic E-state index is 11.3. The van der Waals surface area contributed by atoms with E-state index in [9.17, 15) is 4.79 Å². The van der Waals surface area contributed by atoms with Gasteiger partial charge in [-0.05, 0) is 39.0 Å². The largest absolute Gasteiger partial charge is 0.460 e. The second-order valence-corrected chi connectivity index (χ2v) is 5.19. The van der Waals surface area contributed by atoms with Gasteiger partial charge in [-0.15, -0.1) is 0 Å². The molecular formula is C11H23NO2S. The molecule has 90 valence electrons. The molecule has 4 heteroatoms. The van der Waals surface area contributed by atoms with Gasteiger partial charge < -0.3 is 10.1 Å². The van der Waals surface area contributed by atoms with E-state index >= 15 is 0 Å². The first-order valence-electron chi connectivity index (χ1n) is 5.38. The van der Waals surface area contributed by atoms with Crippen LogP contribution in [0.1, 0.15) is 34.1 Å². The summed E-state index contributed by atoms with van der Waals surface area (Å²) in [6.45, 7) is 9.32. The standard InChI is InChI=1S/C11H23NO2S/c1-9(8-15)7-12-6-5-10(13)14-11(2,3)4/h9,12,15H,5-8H2,1-4H3. The third kappa shape index (κ3) is 10.1. The predicted molar refractivity (Wildman–Crippen MR) is 66.3 cm³/mol. The lowest BCUT2D eigenvalue weighted by molar-refractivity contribution is -0.154. The van der Waals surface area contributed by atoms with Crippen molar-refractivity contribution in [3.8, 4) is 0 Å². The second kappa shape index (κ2) is 7.12. The van der Waals surface area contributed by atoms with Gasteiger partial charge in [-0.2, -0.15) is 12.6 Å². The monoisotopic (exact) mass is 233 g/mol. The highest BCUT2D eigenvalue weighted by atomic mass is 32.1. The SMILES string of the molecule is CC(CS)CNCCC(=O)OC(C)(C)C. The van der Waals surface area contributed by atoms with Gasteiger partial charge in [-0.3, -0.25) is 4.79 Å². The fourth-order valence-electron chi connectivity index (χ4n) is 0.996. The first-order valence-corrected chi connectivity index (χ1v) is 6.02. The Morgan fingerprint density at radius 3 is 2.53 bits per heavy atom. The summed E-state index contributed by atoms with van der Waals surface area (Å²) in [6.07, 6.45) is 0.427. The summed E-state index contributed by atoms with van der Waals surface area (Å²) in [4.78, 5) is 11.3. The highest BCUT2D eigenvalue weighted by Crippen LogP contribution is 2.07. The molecule has 0 saturated carbocycles. The van der Waals surface area contributed by atoms with Crippen molar-refractivity contribution >= 4 is 18.6 Å². The Hall–Kier alpha value is -0.220. The van der Waals surface area contributed by atoms with Crippen LogP contribution in [0.3, 0.4) is 0 Å². The number of esters is 1. The van der Waals surface area contributed by atoms with E-state index in [1.165, 1.54) is 0 Å². The average molecular weight is 233 g/mol. The van der Waals surface area contributed by atoms with Crippen LogP contribution in [0.25, 0.3) is 0 Å². The Bertz CT molecular complexity index is 190. The van der Waals surface area contributed by atoms with E-state index in [1.54, 1.807) is 0 Å². The molecule has 15 heavy (non-hydrogen) atoms. The summed E-state index contributed by atoms with van der Waals surface area (Å²) in [5, 5.41) is 3.20. The zero-order chi connectivity index (χ0) is 11.9. The molecule has 1 atom stereocenters. The fourth-order valence-corrected chi connectivity index (χ4v) is 1.13. The number of carbonyl (C=O) groups excluding carboxylic acids is 1. The van der Waals surface area contributed by atoms with Crippen LogP contribution in [-0.4, -0.2) is 30.4 Å². The van der Waals surface area contributed by atoms with Gasteiger partial charge in [0.15, 0.2) is 0 Å². The lowest BCUT2D eigenvalue weighted by atomic mass is 10.2. The highest BCUT2D eigenvalue weighted by molar-refractivity contribution is 7.80. The molecule has 0 heterocycles. The van der Waals surface area contributed by atoms with Crippen molar-refractivity contribution in [3.05, 3.63) is 0 Å². The van der Waals surface area contributed by atoms with Gasteiger partial charge in [-0.1, -0.05) is 6.92 Å². The molecule has 0 aliphatic heterocycles. The molecule has 0 rings (SSSR count). The molecule has 3 nitrogen and oxygen atoms in total. The number of ether oxygens (including phenoxy) is 1. The minimum absolute atomic E-state index is 0.145. The van der Waals surface area contributed by atoms with E-state index in [-0.39, 0.29) is 11.6 Å². The van der Waals surface area contributed by atoms with Gasteiger partial charge >= 0.3 is 5.97 Å². The molecule has 0 saturated heterocycles. The number of carbonyl (C=O) groups is 1. The fraction of sp³-hybridized carbons (Fsp3) is 0.909. The summed E-state index contributed by atoms with van der Waals surface area (Å²) >= 11 is 4.18. The van der Waals surface area contributed by atoms with Crippen molar-refractivity contribution < 1.29 is 9.53 Å². The Morgan fingerprint density at radius 1 is 1.47 bits per heavy atom. The number of hydrogen-bond acceptors (Lipinski definition) is 4. The molecule has 0 aromatic rings. The van der Waals surface area contributed by atoms with Crippen LogP contribution in [0.2, 0.25) is 0 Å². The summed E-state index contributed by atoms with van der Waals surface area (Å²) < 4.78 is 5.18. The normalized spacial score (nSPS) is 13.7. The summed E-state index contributed by atoms with van der Waals surface area (Å²) in [7, 11) is 0. The summed E-state index contributed by atoms with van der Waals surface area (Å²) in [5.74, 6) is 1.25. The Balaban J connectivity index is 3.48. The topological polar surface area (TPSA) is 38.3 Å². The maximum absolute atomic E-state index is 11.3. The summed E-state index contributed by atoms with van der Waals surface area (Å²) in [6, 6.07) is 0. The lowest BCUT2D eigenvalue weighted by Gasteiger charge is -2.19. The maximum Gasteiger partial charge on any atom is 0.307 e. The quantitative estimate of drug-likeness (QED) is 0.418. The molecule has 1 N–H and O–H groups in total. The molecule has 0 aromatic heterocycles. The third-order valence-corrected chi connectivity index (χ3v) is 2.35. The van der Waals surface area contributed by atoms with Gasteiger partial charge in [0, 0.05) is 6.54 Å². The van der Waals surface area contributed by atoms with Gasteiger partial charge in [0.2, 0.25) is 0 Å². The molecule has 0 radical (unpaired) electrons. The van der Waals surface area contributed by atoms with Crippen LogP contribution in [0, 0.1) is 5.92 Å². The number of rotatable bonds is 6. The average Bonchev–Trinajstić information content (AvgIpc) is 2.09. The molecule has 0 aliphatic rings. The zero-order valence-corrected chi connectivity index (χ0v) is 11.1.